The maximum Gasteiger partial charge on any atom is 0.123 e. The monoisotopic (exact) mass is 208 g/mol. The lowest BCUT2D eigenvalue weighted by atomic mass is 10.0. The molecule has 3 N–H and O–H groups in total. The van der Waals surface area contributed by atoms with Gasteiger partial charge in [0.2, 0.25) is 0 Å². The molecule has 0 heterocycles. The summed E-state index contributed by atoms with van der Waals surface area (Å²) in [5.74, 6) is -0.255. The van der Waals surface area contributed by atoms with E-state index in [0.717, 1.165) is 17.7 Å². The zero-order valence-electron chi connectivity index (χ0n) is 9.18. The molecule has 0 bridgehead atoms. The zero-order valence-corrected chi connectivity index (χ0v) is 9.18. The number of anilines is 1. The van der Waals surface area contributed by atoms with Crippen LogP contribution in [0.2, 0.25) is 0 Å². The molecule has 1 aromatic rings. The van der Waals surface area contributed by atoms with E-state index in [4.69, 9.17) is 5.73 Å². The Kier molecular flexibility index (Phi) is 4.31. The summed E-state index contributed by atoms with van der Waals surface area (Å²) in [5.41, 5.74) is 8.21. The lowest BCUT2D eigenvalue weighted by Gasteiger charge is -2.10. The summed E-state index contributed by atoms with van der Waals surface area (Å²) >= 11 is 0. The van der Waals surface area contributed by atoms with Gasteiger partial charge in [0.05, 0.1) is 0 Å². The molecule has 0 aliphatic rings. The molecule has 0 spiro atoms. The number of nitrogens with one attached hydrogen (secondary N) is 1. The Morgan fingerprint density at radius 3 is 2.87 bits per heavy atom. The van der Waals surface area contributed by atoms with Gasteiger partial charge in [-0.1, -0.05) is 13.0 Å². The molecule has 0 amide bonds. The standard InChI is InChI=1S/C12H17FN2/c1-3-9(8-15-4-2)11-7-10(13)5-6-12(11)14/h3,5-7,15H,4,8,14H2,1-2H3/b9-3+. The van der Waals surface area contributed by atoms with Crippen LogP contribution < -0.4 is 11.1 Å². The van der Waals surface area contributed by atoms with Crippen molar-refractivity contribution in [2.24, 2.45) is 0 Å². The zero-order chi connectivity index (χ0) is 11.3. The van der Waals surface area contributed by atoms with E-state index in [9.17, 15) is 4.39 Å². The first-order valence-electron chi connectivity index (χ1n) is 5.10. The minimum atomic E-state index is -0.255. The van der Waals surface area contributed by atoms with Gasteiger partial charge in [-0.25, -0.2) is 4.39 Å². The number of hydrogen-bond acceptors (Lipinski definition) is 2. The van der Waals surface area contributed by atoms with Gasteiger partial charge in [-0.15, -0.1) is 0 Å². The van der Waals surface area contributed by atoms with Gasteiger partial charge in [-0.2, -0.15) is 0 Å². The number of likely N-dealkylation sites (N-methyl/N-ethyl adjacent to an activating group) is 1. The highest BCUT2D eigenvalue weighted by Crippen LogP contribution is 2.21. The van der Waals surface area contributed by atoms with Crippen molar-refractivity contribution in [2.45, 2.75) is 13.8 Å². The van der Waals surface area contributed by atoms with Crippen LogP contribution in [-0.2, 0) is 0 Å². The van der Waals surface area contributed by atoms with E-state index in [0.29, 0.717) is 12.2 Å². The van der Waals surface area contributed by atoms with E-state index in [1.165, 1.54) is 12.1 Å². The second-order valence-corrected chi connectivity index (χ2v) is 3.33. The van der Waals surface area contributed by atoms with E-state index in [2.05, 4.69) is 5.32 Å². The van der Waals surface area contributed by atoms with Gasteiger partial charge < -0.3 is 11.1 Å². The Bertz CT molecular complexity index is 359. The summed E-state index contributed by atoms with van der Waals surface area (Å²) < 4.78 is 13.1. The lowest BCUT2D eigenvalue weighted by molar-refractivity contribution is 0.627. The molecule has 0 unspecified atom stereocenters. The van der Waals surface area contributed by atoms with Crippen LogP contribution in [0.15, 0.2) is 24.3 Å². The quantitative estimate of drug-likeness (QED) is 0.746. The largest absolute Gasteiger partial charge is 0.398 e. The van der Waals surface area contributed by atoms with Gasteiger partial charge in [0, 0.05) is 17.8 Å². The van der Waals surface area contributed by atoms with Crippen LogP contribution in [0.25, 0.3) is 5.57 Å². The number of rotatable bonds is 4. The average Bonchev–Trinajstić information content (AvgIpc) is 2.24. The molecule has 82 valence electrons. The normalized spacial score (nSPS) is 11.8. The summed E-state index contributed by atoms with van der Waals surface area (Å²) in [6.07, 6.45) is 1.95. The third-order valence-electron chi connectivity index (χ3n) is 2.28. The minimum absolute atomic E-state index is 0.255. The molecule has 0 radical (unpaired) electrons. The summed E-state index contributed by atoms with van der Waals surface area (Å²) in [6.45, 7) is 5.55. The van der Waals surface area contributed by atoms with Crippen LogP contribution in [-0.4, -0.2) is 13.1 Å². The molecule has 1 aromatic carbocycles. The minimum Gasteiger partial charge on any atom is -0.398 e. The van der Waals surface area contributed by atoms with Gasteiger partial charge in [0.1, 0.15) is 5.82 Å². The summed E-state index contributed by atoms with van der Waals surface area (Å²) in [6, 6.07) is 4.45. The van der Waals surface area contributed by atoms with Crippen LogP contribution in [0, 0.1) is 5.82 Å². The predicted molar refractivity (Wildman–Crippen MR) is 63.0 cm³/mol. The molecule has 0 fully saturated rings. The highest BCUT2D eigenvalue weighted by Gasteiger charge is 2.05. The SMILES string of the molecule is C/C=C(\CNCC)c1cc(F)ccc1N. The van der Waals surface area contributed by atoms with Crippen molar-refractivity contribution < 1.29 is 4.39 Å². The van der Waals surface area contributed by atoms with E-state index in [-0.39, 0.29) is 5.82 Å². The van der Waals surface area contributed by atoms with Gasteiger partial charge in [0.15, 0.2) is 0 Å². The topological polar surface area (TPSA) is 38.0 Å². The molecule has 0 aliphatic heterocycles. The van der Waals surface area contributed by atoms with Crippen molar-refractivity contribution >= 4 is 11.3 Å². The maximum absolute atomic E-state index is 13.1. The third-order valence-corrected chi connectivity index (χ3v) is 2.28. The van der Waals surface area contributed by atoms with Crippen LogP contribution in [0.5, 0.6) is 0 Å². The van der Waals surface area contributed by atoms with Gasteiger partial charge >= 0.3 is 0 Å². The second kappa shape index (κ2) is 5.51. The number of benzene rings is 1. The van der Waals surface area contributed by atoms with Crippen LogP contribution in [0.3, 0.4) is 0 Å². The fraction of sp³-hybridized carbons (Fsp3) is 0.333. The van der Waals surface area contributed by atoms with Crippen molar-refractivity contribution in [2.75, 3.05) is 18.8 Å². The Hall–Kier alpha value is -1.35. The second-order valence-electron chi connectivity index (χ2n) is 3.33. The molecule has 2 nitrogen and oxygen atoms in total. The first-order chi connectivity index (χ1) is 7.19. The first kappa shape index (κ1) is 11.7. The third kappa shape index (κ3) is 3.06. The fourth-order valence-electron chi connectivity index (χ4n) is 1.42. The van der Waals surface area contributed by atoms with Crippen LogP contribution in [0.1, 0.15) is 19.4 Å². The fourth-order valence-corrected chi connectivity index (χ4v) is 1.42. The van der Waals surface area contributed by atoms with Crippen molar-refractivity contribution in [3.05, 3.63) is 35.7 Å². The van der Waals surface area contributed by atoms with E-state index in [1.54, 1.807) is 6.07 Å². The average molecular weight is 208 g/mol. The van der Waals surface area contributed by atoms with Crippen molar-refractivity contribution in [1.82, 2.24) is 5.32 Å². The lowest BCUT2D eigenvalue weighted by Crippen LogP contribution is -2.16. The summed E-state index contributed by atoms with van der Waals surface area (Å²) in [4.78, 5) is 0. The predicted octanol–water partition coefficient (Wildman–Crippen LogP) is 2.42. The number of allylic oxidation sites excluding steroid dienone is 1. The molecule has 0 saturated carbocycles. The Balaban J connectivity index is 2.96. The smallest absolute Gasteiger partial charge is 0.123 e. The van der Waals surface area contributed by atoms with Crippen molar-refractivity contribution in [3.63, 3.8) is 0 Å². The van der Waals surface area contributed by atoms with Gasteiger partial charge in [0.25, 0.3) is 0 Å². The van der Waals surface area contributed by atoms with Gasteiger partial charge in [-0.3, -0.25) is 0 Å². The Morgan fingerprint density at radius 2 is 2.27 bits per heavy atom. The number of nitrogens with two attached hydrogens (primary N) is 1. The molecule has 0 saturated heterocycles. The molecule has 15 heavy (non-hydrogen) atoms. The summed E-state index contributed by atoms with van der Waals surface area (Å²) in [7, 11) is 0. The number of hydrogen-bond donors (Lipinski definition) is 2. The molecule has 0 atom stereocenters. The van der Waals surface area contributed by atoms with Crippen molar-refractivity contribution in [1.29, 1.82) is 0 Å². The van der Waals surface area contributed by atoms with Crippen molar-refractivity contribution in [3.8, 4) is 0 Å². The molecule has 3 heteroatoms. The van der Waals surface area contributed by atoms with E-state index < -0.39 is 0 Å². The van der Waals surface area contributed by atoms with Gasteiger partial charge in [-0.05, 0) is 37.2 Å². The van der Waals surface area contributed by atoms with E-state index in [1.807, 2.05) is 19.9 Å². The molecule has 0 aromatic heterocycles. The maximum atomic E-state index is 13.1. The Morgan fingerprint density at radius 1 is 1.53 bits per heavy atom. The van der Waals surface area contributed by atoms with Crippen LogP contribution >= 0.6 is 0 Å². The summed E-state index contributed by atoms with van der Waals surface area (Å²) in [5, 5.41) is 3.20. The first-order valence-corrected chi connectivity index (χ1v) is 5.10. The Labute approximate surface area is 90.0 Å². The molecular formula is C12H17FN2. The molecule has 0 aliphatic carbocycles. The van der Waals surface area contributed by atoms with E-state index >= 15 is 0 Å². The molecule has 1 rings (SSSR count). The number of nitrogen functional groups attached to an aromatic ring is 1. The molecular weight excluding hydrogens is 191 g/mol. The number of halogens is 1. The highest BCUT2D eigenvalue weighted by molar-refractivity contribution is 5.75. The highest BCUT2D eigenvalue weighted by atomic mass is 19.1. The van der Waals surface area contributed by atoms with Crippen LogP contribution in [0.4, 0.5) is 10.1 Å².